The molecule has 2 aromatic rings. The average molecular weight is 318 g/mol. The van der Waals surface area contributed by atoms with E-state index < -0.39 is 6.10 Å². The van der Waals surface area contributed by atoms with E-state index in [1.54, 1.807) is 0 Å². The molecule has 0 fully saturated rings. The number of halogens is 2. The third-order valence-electron chi connectivity index (χ3n) is 2.33. The van der Waals surface area contributed by atoms with Crippen LogP contribution in [-0.2, 0) is 0 Å². The summed E-state index contributed by atoms with van der Waals surface area (Å²) in [5.74, 6) is 0. The van der Waals surface area contributed by atoms with Crippen molar-refractivity contribution < 1.29 is 5.11 Å². The highest BCUT2D eigenvalue weighted by Crippen LogP contribution is 2.34. The smallest absolute Gasteiger partial charge is 0.113 e. The molecule has 2 rings (SSSR count). The first-order chi connectivity index (χ1) is 7.58. The summed E-state index contributed by atoms with van der Waals surface area (Å²) >= 11 is 10.8. The van der Waals surface area contributed by atoms with Crippen LogP contribution < -0.4 is 0 Å². The molecule has 1 heterocycles. The first-order valence-corrected chi connectivity index (χ1v) is 6.76. The molecule has 0 spiro atoms. The number of thiophene rings is 1. The fraction of sp³-hybridized carbons (Fsp3) is 0.167. The van der Waals surface area contributed by atoms with Crippen LogP contribution >= 0.6 is 38.9 Å². The number of benzene rings is 1. The Balaban J connectivity index is 2.31. The molecule has 0 radical (unpaired) electrons. The van der Waals surface area contributed by atoms with Crippen molar-refractivity contribution in [1.82, 2.24) is 0 Å². The van der Waals surface area contributed by atoms with Gasteiger partial charge in [0, 0.05) is 9.35 Å². The van der Waals surface area contributed by atoms with Gasteiger partial charge in [-0.2, -0.15) is 0 Å². The highest BCUT2D eigenvalue weighted by Gasteiger charge is 2.14. The largest absolute Gasteiger partial charge is 0.383 e. The van der Waals surface area contributed by atoms with Gasteiger partial charge in [-0.15, -0.1) is 11.3 Å². The standard InChI is InChI=1S/C12H10BrClOS/c1-7-6-10(16-12(7)14)11(15)8-2-4-9(13)5-3-8/h2-6,11,15H,1H3. The third-order valence-corrected chi connectivity index (χ3v) is 4.47. The van der Waals surface area contributed by atoms with Gasteiger partial charge in [0.25, 0.3) is 0 Å². The van der Waals surface area contributed by atoms with Gasteiger partial charge in [-0.3, -0.25) is 0 Å². The normalized spacial score (nSPS) is 12.8. The van der Waals surface area contributed by atoms with E-state index in [-0.39, 0.29) is 0 Å². The van der Waals surface area contributed by atoms with E-state index in [0.717, 1.165) is 24.8 Å². The zero-order valence-corrected chi connectivity index (χ0v) is 11.7. The average Bonchev–Trinajstić information content (AvgIpc) is 2.59. The van der Waals surface area contributed by atoms with Crippen LogP contribution in [0, 0.1) is 6.92 Å². The monoisotopic (exact) mass is 316 g/mol. The summed E-state index contributed by atoms with van der Waals surface area (Å²) in [5, 5.41) is 10.2. The van der Waals surface area contributed by atoms with Gasteiger partial charge in [-0.1, -0.05) is 39.7 Å². The molecule has 84 valence electrons. The summed E-state index contributed by atoms with van der Waals surface area (Å²) in [5.41, 5.74) is 1.89. The molecule has 1 aromatic carbocycles. The summed E-state index contributed by atoms with van der Waals surface area (Å²) in [6, 6.07) is 9.57. The Kier molecular flexibility index (Phi) is 3.70. The molecular weight excluding hydrogens is 308 g/mol. The van der Waals surface area contributed by atoms with Crippen molar-refractivity contribution in [3.8, 4) is 0 Å². The molecule has 1 atom stereocenters. The quantitative estimate of drug-likeness (QED) is 0.861. The van der Waals surface area contributed by atoms with Crippen molar-refractivity contribution in [1.29, 1.82) is 0 Å². The van der Waals surface area contributed by atoms with Gasteiger partial charge >= 0.3 is 0 Å². The maximum absolute atomic E-state index is 10.2. The van der Waals surface area contributed by atoms with Gasteiger partial charge in [0.1, 0.15) is 6.10 Å². The second kappa shape index (κ2) is 4.88. The highest BCUT2D eigenvalue weighted by molar-refractivity contribution is 9.10. The van der Waals surface area contributed by atoms with Crippen molar-refractivity contribution in [2.45, 2.75) is 13.0 Å². The summed E-state index contributed by atoms with van der Waals surface area (Å²) in [7, 11) is 0. The first-order valence-electron chi connectivity index (χ1n) is 4.77. The van der Waals surface area contributed by atoms with Crippen molar-refractivity contribution in [3.05, 3.63) is 55.1 Å². The number of aliphatic hydroxyl groups excluding tert-OH is 1. The molecular formula is C12H10BrClOS. The van der Waals surface area contributed by atoms with Gasteiger partial charge in [0.05, 0.1) is 4.34 Å². The molecule has 16 heavy (non-hydrogen) atoms. The van der Waals surface area contributed by atoms with Crippen molar-refractivity contribution >= 4 is 38.9 Å². The SMILES string of the molecule is Cc1cc(C(O)c2ccc(Br)cc2)sc1Cl. The molecule has 0 aliphatic carbocycles. The maximum atomic E-state index is 10.2. The van der Waals surface area contributed by atoms with Crippen LogP contribution in [-0.4, -0.2) is 5.11 Å². The fourth-order valence-electron chi connectivity index (χ4n) is 1.43. The van der Waals surface area contributed by atoms with Gasteiger partial charge in [0.15, 0.2) is 0 Å². The van der Waals surface area contributed by atoms with E-state index in [9.17, 15) is 5.11 Å². The van der Waals surface area contributed by atoms with Gasteiger partial charge in [0.2, 0.25) is 0 Å². The van der Waals surface area contributed by atoms with Gasteiger partial charge < -0.3 is 5.11 Å². The first kappa shape index (κ1) is 12.1. The minimum atomic E-state index is -0.593. The summed E-state index contributed by atoms with van der Waals surface area (Å²) in [6.45, 7) is 1.94. The molecule has 1 aromatic heterocycles. The lowest BCUT2D eigenvalue weighted by atomic mass is 10.1. The minimum Gasteiger partial charge on any atom is -0.383 e. The van der Waals surface area contributed by atoms with E-state index in [2.05, 4.69) is 15.9 Å². The van der Waals surface area contributed by atoms with E-state index in [0.29, 0.717) is 0 Å². The predicted octanol–water partition coefficient (Wildman–Crippen LogP) is 4.55. The zero-order chi connectivity index (χ0) is 11.7. The molecule has 0 aliphatic rings. The van der Waals surface area contributed by atoms with Crippen molar-refractivity contribution in [3.63, 3.8) is 0 Å². The van der Waals surface area contributed by atoms with Crippen LogP contribution in [0.5, 0.6) is 0 Å². The van der Waals surface area contributed by atoms with Crippen molar-refractivity contribution in [2.75, 3.05) is 0 Å². The van der Waals surface area contributed by atoms with Gasteiger partial charge in [-0.05, 0) is 36.2 Å². The number of hydrogen-bond acceptors (Lipinski definition) is 2. The van der Waals surface area contributed by atoms with E-state index in [4.69, 9.17) is 11.6 Å². The highest BCUT2D eigenvalue weighted by atomic mass is 79.9. The number of hydrogen-bond donors (Lipinski definition) is 1. The van der Waals surface area contributed by atoms with E-state index >= 15 is 0 Å². The molecule has 1 nitrogen and oxygen atoms in total. The summed E-state index contributed by atoms with van der Waals surface area (Å²) in [6.07, 6.45) is -0.593. The molecule has 0 aliphatic heterocycles. The number of aliphatic hydroxyl groups is 1. The molecule has 4 heteroatoms. The van der Waals surface area contributed by atoms with E-state index in [1.165, 1.54) is 11.3 Å². The Bertz CT molecular complexity index is 473. The van der Waals surface area contributed by atoms with Crippen molar-refractivity contribution in [2.24, 2.45) is 0 Å². The summed E-state index contributed by atoms with van der Waals surface area (Å²) in [4.78, 5) is 0.879. The molecule has 1 unspecified atom stereocenters. The van der Waals surface area contributed by atoms with Crippen LogP contribution in [0.4, 0.5) is 0 Å². The van der Waals surface area contributed by atoms with Crippen LogP contribution in [0.3, 0.4) is 0 Å². The van der Waals surface area contributed by atoms with E-state index in [1.807, 2.05) is 37.3 Å². The Morgan fingerprint density at radius 3 is 2.44 bits per heavy atom. The second-order valence-corrected chi connectivity index (χ2v) is 6.16. The Hall–Kier alpha value is -0.350. The third kappa shape index (κ3) is 2.48. The lowest BCUT2D eigenvalue weighted by molar-refractivity contribution is 0.224. The number of rotatable bonds is 2. The lowest BCUT2D eigenvalue weighted by Crippen LogP contribution is -1.96. The number of aryl methyl sites for hydroxylation is 1. The van der Waals surface area contributed by atoms with Crippen LogP contribution in [0.25, 0.3) is 0 Å². The predicted molar refractivity (Wildman–Crippen MR) is 72.3 cm³/mol. The lowest BCUT2D eigenvalue weighted by Gasteiger charge is -2.08. The molecule has 0 amide bonds. The maximum Gasteiger partial charge on any atom is 0.113 e. The Labute approximate surface area is 112 Å². The molecule has 0 bridgehead atoms. The van der Waals surface area contributed by atoms with Gasteiger partial charge in [-0.25, -0.2) is 0 Å². The minimum absolute atomic E-state index is 0.593. The topological polar surface area (TPSA) is 20.2 Å². The Morgan fingerprint density at radius 1 is 1.31 bits per heavy atom. The Morgan fingerprint density at radius 2 is 1.94 bits per heavy atom. The van der Waals surface area contributed by atoms with Crippen LogP contribution in [0.1, 0.15) is 22.1 Å². The second-order valence-electron chi connectivity index (χ2n) is 3.56. The summed E-state index contributed by atoms with van der Waals surface area (Å²) < 4.78 is 1.75. The van der Waals surface area contributed by atoms with Crippen LogP contribution in [0.2, 0.25) is 4.34 Å². The van der Waals surface area contributed by atoms with Crippen LogP contribution in [0.15, 0.2) is 34.8 Å². The molecule has 0 saturated carbocycles. The molecule has 1 N–H and O–H groups in total. The molecule has 0 saturated heterocycles. The zero-order valence-electron chi connectivity index (χ0n) is 8.58. The fourth-order valence-corrected chi connectivity index (χ4v) is 2.92.